The Hall–Kier alpha value is -3.01. The van der Waals surface area contributed by atoms with Crippen LogP contribution in [0.2, 0.25) is 0 Å². The summed E-state index contributed by atoms with van der Waals surface area (Å²) in [4.78, 5) is 23.4. The van der Waals surface area contributed by atoms with Crippen molar-refractivity contribution in [2.24, 2.45) is 0 Å². The summed E-state index contributed by atoms with van der Waals surface area (Å²) >= 11 is 1.36. The summed E-state index contributed by atoms with van der Waals surface area (Å²) in [7, 11) is 1.59. The van der Waals surface area contributed by atoms with Crippen LogP contribution in [0.25, 0.3) is 10.2 Å². The molecule has 3 aromatic rings. The highest BCUT2D eigenvalue weighted by atomic mass is 32.1. The van der Waals surface area contributed by atoms with Crippen LogP contribution in [0.4, 0.5) is 22.5 Å². The highest BCUT2D eigenvalue weighted by Crippen LogP contribution is 2.34. The molecule has 2 heterocycles. The molecule has 9 nitrogen and oxygen atoms in total. The first-order chi connectivity index (χ1) is 12.1. The molecule has 1 aromatic carbocycles. The van der Waals surface area contributed by atoms with Gasteiger partial charge in [-0.1, -0.05) is 18.3 Å². The van der Waals surface area contributed by atoms with Crippen molar-refractivity contribution in [3.63, 3.8) is 0 Å². The zero-order valence-electron chi connectivity index (χ0n) is 13.6. The molecule has 0 fully saturated rings. The van der Waals surface area contributed by atoms with Crippen molar-refractivity contribution in [3.8, 4) is 5.75 Å². The molecule has 10 heteroatoms. The van der Waals surface area contributed by atoms with Crippen LogP contribution >= 0.6 is 11.3 Å². The number of hydrogen-bond donors (Lipinski definition) is 2. The summed E-state index contributed by atoms with van der Waals surface area (Å²) in [5.41, 5.74) is 0.571. The molecule has 0 aliphatic carbocycles. The van der Waals surface area contributed by atoms with Crippen LogP contribution in [0.1, 0.15) is 13.3 Å². The monoisotopic (exact) mass is 360 g/mol. The smallest absolute Gasteiger partial charge is 0.353 e. The third-order valence-corrected chi connectivity index (χ3v) is 4.30. The first-order valence-corrected chi connectivity index (χ1v) is 8.39. The quantitative estimate of drug-likeness (QED) is 0.485. The Morgan fingerprint density at radius 1 is 1.32 bits per heavy atom. The maximum Gasteiger partial charge on any atom is 0.353 e. The highest BCUT2D eigenvalue weighted by molar-refractivity contribution is 7.22. The number of nitrogens with zero attached hydrogens (tertiary/aromatic N) is 4. The lowest BCUT2D eigenvalue weighted by atomic mass is 10.3. The van der Waals surface area contributed by atoms with Crippen LogP contribution in [0.5, 0.6) is 5.75 Å². The maximum absolute atomic E-state index is 11.5. The topological polar surface area (TPSA) is 115 Å². The Kier molecular flexibility index (Phi) is 4.89. The molecule has 0 saturated carbocycles. The molecule has 0 unspecified atom stereocenters. The lowest BCUT2D eigenvalue weighted by molar-refractivity contribution is -0.383. The molecule has 0 aliphatic heterocycles. The van der Waals surface area contributed by atoms with Gasteiger partial charge in [0.25, 0.3) is 0 Å². The Morgan fingerprint density at radius 3 is 2.84 bits per heavy atom. The Morgan fingerprint density at radius 2 is 2.12 bits per heavy atom. The van der Waals surface area contributed by atoms with Gasteiger partial charge < -0.3 is 15.4 Å². The summed E-state index contributed by atoms with van der Waals surface area (Å²) in [6.07, 6.45) is 2.10. The molecule has 130 valence electrons. The van der Waals surface area contributed by atoms with E-state index in [1.54, 1.807) is 7.11 Å². The number of methoxy groups -OCH3 is 1. The second-order valence-corrected chi connectivity index (χ2v) is 6.11. The van der Waals surface area contributed by atoms with Gasteiger partial charge in [-0.3, -0.25) is 10.1 Å². The molecule has 0 aliphatic rings. The number of thiazole rings is 1. The predicted octanol–water partition coefficient (Wildman–Crippen LogP) is 3.57. The average molecular weight is 360 g/mol. The Labute approximate surface area is 147 Å². The van der Waals surface area contributed by atoms with Gasteiger partial charge in [-0.2, -0.15) is 0 Å². The largest absolute Gasteiger partial charge is 0.497 e. The summed E-state index contributed by atoms with van der Waals surface area (Å²) < 4.78 is 6.10. The van der Waals surface area contributed by atoms with E-state index in [9.17, 15) is 10.1 Å². The number of hydrogen-bond acceptors (Lipinski definition) is 9. The summed E-state index contributed by atoms with van der Waals surface area (Å²) in [6, 6.07) is 5.50. The minimum Gasteiger partial charge on any atom is -0.497 e. The fraction of sp³-hybridized carbons (Fsp3) is 0.267. The fourth-order valence-corrected chi connectivity index (χ4v) is 3.10. The average Bonchev–Trinajstić information content (AvgIpc) is 3.00. The van der Waals surface area contributed by atoms with Gasteiger partial charge in [-0.25, -0.2) is 15.0 Å². The van der Waals surface area contributed by atoms with Crippen LogP contribution < -0.4 is 15.4 Å². The first kappa shape index (κ1) is 16.8. The number of ether oxygens (including phenoxy) is 1. The molecule has 0 amide bonds. The van der Waals surface area contributed by atoms with Crippen molar-refractivity contribution in [2.75, 3.05) is 24.3 Å². The first-order valence-electron chi connectivity index (χ1n) is 7.57. The van der Waals surface area contributed by atoms with E-state index in [0.717, 1.165) is 22.4 Å². The maximum atomic E-state index is 11.5. The lowest BCUT2D eigenvalue weighted by Crippen LogP contribution is -2.08. The molecule has 25 heavy (non-hydrogen) atoms. The van der Waals surface area contributed by atoms with Crippen molar-refractivity contribution in [3.05, 3.63) is 34.6 Å². The third-order valence-electron chi connectivity index (χ3n) is 3.37. The van der Waals surface area contributed by atoms with Crippen molar-refractivity contribution in [1.82, 2.24) is 15.0 Å². The SMILES string of the molecule is CCCNc1ncnc(Nc2nc3ccc(OC)cc3s2)c1[N+](=O)[O-]. The zero-order valence-corrected chi connectivity index (χ0v) is 14.5. The van der Waals surface area contributed by atoms with Crippen molar-refractivity contribution < 1.29 is 9.66 Å². The van der Waals surface area contributed by atoms with Crippen LogP contribution in [0.15, 0.2) is 24.5 Å². The molecule has 0 saturated heterocycles. The number of nitrogens with one attached hydrogen (secondary N) is 2. The summed E-state index contributed by atoms with van der Waals surface area (Å²) in [6.45, 7) is 2.55. The van der Waals surface area contributed by atoms with E-state index in [-0.39, 0.29) is 17.3 Å². The number of aromatic nitrogens is 3. The van der Waals surface area contributed by atoms with Gasteiger partial charge in [-0.05, 0) is 24.6 Å². The number of benzene rings is 1. The van der Waals surface area contributed by atoms with Crippen molar-refractivity contribution in [2.45, 2.75) is 13.3 Å². The van der Waals surface area contributed by atoms with E-state index in [1.165, 1.54) is 17.7 Å². The number of rotatable bonds is 7. The molecule has 2 aromatic heterocycles. The van der Waals surface area contributed by atoms with Gasteiger partial charge >= 0.3 is 5.69 Å². The minimum absolute atomic E-state index is 0.102. The van der Waals surface area contributed by atoms with Crippen LogP contribution in [0, 0.1) is 10.1 Å². The second-order valence-electron chi connectivity index (χ2n) is 5.08. The van der Waals surface area contributed by atoms with E-state index < -0.39 is 4.92 Å². The van der Waals surface area contributed by atoms with Crippen molar-refractivity contribution in [1.29, 1.82) is 0 Å². The fourth-order valence-electron chi connectivity index (χ4n) is 2.20. The standard InChI is InChI=1S/C15H16N6O3S/c1-3-6-16-13-12(21(22)23)14(18-8-17-13)20-15-19-10-5-4-9(24-2)7-11(10)25-15/h4-5,7-8H,3,6H2,1-2H3,(H2,16,17,18,19,20). The molecule has 0 atom stereocenters. The van der Waals surface area contributed by atoms with Gasteiger partial charge in [0.05, 0.1) is 22.2 Å². The Balaban J connectivity index is 1.95. The molecule has 0 spiro atoms. The molecule has 2 N–H and O–H groups in total. The van der Waals surface area contributed by atoms with E-state index in [0.29, 0.717) is 11.7 Å². The number of nitro groups is 1. The molecule has 0 bridgehead atoms. The lowest BCUT2D eigenvalue weighted by Gasteiger charge is -2.07. The van der Waals surface area contributed by atoms with E-state index in [4.69, 9.17) is 4.74 Å². The van der Waals surface area contributed by atoms with Gasteiger partial charge in [0, 0.05) is 6.54 Å². The van der Waals surface area contributed by atoms with Crippen LogP contribution in [-0.4, -0.2) is 33.5 Å². The normalized spacial score (nSPS) is 10.6. The van der Waals surface area contributed by atoms with E-state index in [1.807, 2.05) is 25.1 Å². The van der Waals surface area contributed by atoms with Crippen LogP contribution in [-0.2, 0) is 0 Å². The second kappa shape index (κ2) is 7.26. The molecular formula is C15H16N6O3S. The third kappa shape index (κ3) is 3.58. The number of anilines is 3. The minimum atomic E-state index is -0.503. The van der Waals surface area contributed by atoms with Crippen LogP contribution in [0.3, 0.4) is 0 Å². The molecule has 0 radical (unpaired) electrons. The Bertz CT molecular complexity index is 913. The van der Waals surface area contributed by atoms with Gasteiger partial charge in [0.15, 0.2) is 5.13 Å². The summed E-state index contributed by atoms with van der Waals surface area (Å²) in [5, 5.41) is 17.8. The van der Waals surface area contributed by atoms with E-state index >= 15 is 0 Å². The van der Waals surface area contributed by atoms with E-state index in [2.05, 4.69) is 25.6 Å². The summed E-state index contributed by atoms with van der Waals surface area (Å²) in [5.74, 6) is 1.01. The predicted molar refractivity (Wildman–Crippen MR) is 96.9 cm³/mol. The van der Waals surface area contributed by atoms with Gasteiger partial charge in [0.2, 0.25) is 11.6 Å². The van der Waals surface area contributed by atoms with Gasteiger partial charge in [0.1, 0.15) is 12.1 Å². The van der Waals surface area contributed by atoms with Gasteiger partial charge in [-0.15, -0.1) is 0 Å². The number of fused-ring (bicyclic) bond motifs is 1. The molecule has 3 rings (SSSR count). The zero-order chi connectivity index (χ0) is 17.8. The van der Waals surface area contributed by atoms with Crippen molar-refractivity contribution >= 4 is 44.0 Å². The highest BCUT2D eigenvalue weighted by Gasteiger charge is 2.23. The molecular weight excluding hydrogens is 344 g/mol.